The number of rotatable bonds is 5. The van der Waals surface area contributed by atoms with Gasteiger partial charge in [-0.15, -0.1) is 0 Å². The Kier molecular flexibility index (Phi) is 6.37. The van der Waals surface area contributed by atoms with Crippen LogP contribution in [-0.4, -0.2) is 11.8 Å². The van der Waals surface area contributed by atoms with Crippen molar-refractivity contribution in [1.82, 2.24) is 5.32 Å². The van der Waals surface area contributed by atoms with Gasteiger partial charge in [-0.2, -0.15) is 0 Å². The number of nitrogens with one attached hydrogen (secondary N) is 1. The maximum absolute atomic E-state index is 11.1. The molecule has 0 unspecified atom stereocenters. The summed E-state index contributed by atoms with van der Waals surface area (Å²) in [5.74, 6) is -0.802. The summed E-state index contributed by atoms with van der Waals surface area (Å²) < 4.78 is 0. The Labute approximate surface area is 84.9 Å². The van der Waals surface area contributed by atoms with E-state index in [4.69, 9.17) is 0 Å². The molecule has 3 nitrogen and oxygen atoms in total. The Balaban J connectivity index is 3.81. The number of carbonyl (C=O) groups is 2. The van der Waals surface area contributed by atoms with Crippen LogP contribution in [0.4, 0.5) is 0 Å². The molecule has 2 amide bonds. The minimum Gasteiger partial charge on any atom is -0.289 e. The second-order valence-corrected chi connectivity index (χ2v) is 3.14. The van der Waals surface area contributed by atoms with Crippen LogP contribution in [0.3, 0.4) is 0 Å². The molecule has 14 heavy (non-hydrogen) atoms. The predicted octanol–water partition coefficient (Wildman–Crippen LogP) is 1.95. The van der Waals surface area contributed by atoms with E-state index in [1.807, 2.05) is 0 Å². The molecule has 0 bridgehead atoms. The Bertz CT molecular complexity index is 254. The maximum atomic E-state index is 11.1. The number of imide groups is 1. The number of unbranched alkanes of at least 4 members (excludes halogenated alkanes) is 2. The van der Waals surface area contributed by atoms with Crippen LogP contribution in [0.5, 0.6) is 0 Å². The van der Waals surface area contributed by atoms with Gasteiger partial charge in [0.25, 0.3) is 5.91 Å². The summed E-state index contributed by atoms with van der Waals surface area (Å²) in [7, 11) is 0. The molecule has 0 atom stereocenters. The molecule has 0 radical (unpaired) electrons. The SMILES string of the molecule is C=C(C)C(=O)NC(=O)C=CCCCC. The zero-order chi connectivity index (χ0) is 11.0. The van der Waals surface area contributed by atoms with Crippen molar-refractivity contribution in [2.24, 2.45) is 0 Å². The third kappa shape index (κ3) is 6.17. The van der Waals surface area contributed by atoms with Crippen LogP contribution < -0.4 is 5.32 Å². The van der Waals surface area contributed by atoms with E-state index in [1.54, 1.807) is 13.0 Å². The fourth-order valence-electron chi connectivity index (χ4n) is 0.773. The summed E-state index contributed by atoms with van der Waals surface area (Å²) in [5.41, 5.74) is 0.334. The zero-order valence-corrected chi connectivity index (χ0v) is 8.80. The summed E-state index contributed by atoms with van der Waals surface area (Å²) in [6.07, 6.45) is 6.17. The molecule has 0 rings (SSSR count). The highest BCUT2D eigenvalue weighted by Crippen LogP contribution is 1.94. The van der Waals surface area contributed by atoms with Gasteiger partial charge in [-0.05, 0) is 19.4 Å². The first-order chi connectivity index (χ1) is 6.57. The van der Waals surface area contributed by atoms with Crippen LogP contribution in [0.1, 0.15) is 33.1 Å². The highest BCUT2D eigenvalue weighted by atomic mass is 16.2. The quantitative estimate of drug-likeness (QED) is 0.538. The van der Waals surface area contributed by atoms with E-state index in [0.29, 0.717) is 5.57 Å². The molecule has 0 aromatic heterocycles. The fraction of sp³-hybridized carbons (Fsp3) is 0.455. The van der Waals surface area contributed by atoms with E-state index in [1.165, 1.54) is 6.08 Å². The first kappa shape index (κ1) is 12.6. The fourth-order valence-corrected chi connectivity index (χ4v) is 0.773. The first-order valence-corrected chi connectivity index (χ1v) is 4.75. The third-order valence-electron chi connectivity index (χ3n) is 1.62. The summed E-state index contributed by atoms with van der Waals surface area (Å²) >= 11 is 0. The maximum Gasteiger partial charge on any atom is 0.253 e. The largest absolute Gasteiger partial charge is 0.289 e. The molecule has 0 aliphatic carbocycles. The van der Waals surface area contributed by atoms with E-state index in [0.717, 1.165) is 19.3 Å². The van der Waals surface area contributed by atoms with Gasteiger partial charge in [-0.1, -0.05) is 32.4 Å². The van der Waals surface area contributed by atoms with Crippen LogP contribution in [0.15, 0.2) is 24.3 Å². The van der Waals surface area contributed by atoms with Gasteiger partial charge in [0.15, 0.2) is 0 Å². The second-order valence-electron chi connectivity index (χ2n) is 3.14. The Morgan fingerprint density at radius 3 is 2.57 bits per heavy atom. The van der Waals surface area contributed by atoms with Crippen LogP contribution >= 0.6 is 0 Å². The standard InChI is InChI=1S/C11H17NO2/c1-4-5-6-7-8-10(13)12-11(14)9(2)3/h7-8H,2,4-6H2,1,3H3,(H,12,13,14). The molecule has 0 aliphatic heterocycles. The Hall–Kier alpha value is -1.38. The van der Waals surface area contributed by atoms with E-state index in [-0.39, 0.29) is 5.91 Å². The molecule has 0 aromatic rings. The van der Waals surface area contributed by atoms with Gasteiger partial charge < -0.3 is 0 Å². The predicted molar refractivity (Wildman–Crippen MR) is 56.6 cm³/mol. The first-order valence-electron chi connectivity index (χ1n) is 4.75. The Morgan fingerprint density at radius 1 is 1.43 bits per heavy atom. The number of allylic oxidation sites excluding steroid dienone is 1. The molecular formula is C11H17NO2. The third-order valence-corrected chi connectivity index (χ3v) is 1.62. The van der Waals surface area contributed by atoms with Crippen molar-refractivity contribution >= 4 is 11.8 Å². The van der Waals surface area contributed by atoms with Gasteiger partial charge in [0.2, 0.25) is 5.91 Å². The molecule has 0 saturated carbocycles. The van der Waals surface area contributed by atoms with Crippen molar-refractivity contribution in [2.45, 2.75) is 33.1 Å². The lowest BCUT2D eigenvalue weighted by atomic mass is 10.2. The van der Waals surface area contributed by atoms with Crippen LogP contribution in [0.25, 0.3) is 0 Å². The van der Waals surface area contributed by atoms with Crippen molar-refractivity contribution < 1.29 is 9.59 Å². The lowest BCUT2D eigenvalue weighted by Gasteiger charge is -1.98. The molecule has 0 fully saturated rings. The lowest BCUT2D eigenvalue weighted by Crippen LogP contribution is -2.29. The minimum absolute atomic E-state index is 0.334. The van der Waals surface area contributed by atoms with E-state index in [2.05, 4.69) is 18.8 Å². The zero-order valence-electron chi connectivity index (χ0n) is 8.80. The summed E-state index contributed by atoms with van der Waals surface area (Å²) in [6.45, 7) is 7.07. The molecule has 1 N–H and O–H groups in total. The minimum atomic E-state index is -0.421. The monoisotopic (exact) mass is 195 g/mol. The molecule has 0 aliphatic rings. The number of hydrogen-bond donors (Lipinski definition) is 1. The summed E-state index contributed by atoms with van der Waals surface area (Å²) in [6, 6.07) is 0. The topological polar surface area (TPSA) is 46.2 Å². The highest BCUT2D eigenvalue weighted by Gasteiger charge is 2.03. The second kappa shape index (κ2) is 7.06. The molecular weight excluding hydrogens is 178 g/mol. The van der Waals surface area contributed by atoms with Gasteiger partial charge in [-0.25, -0.2) is 0 Å². The van der Waals surface area contributed by atoms with Gasteiger partial charge >= 0.3 is 0 Å². The van der Waals surface area contributed by atoms with Crippen LogP contribution in [0.2, 0.25) is 0 Å². The number of hydrogen-bond acceptors (Lipinski definition) is 2. The van der Waals surface area contributed by atoms with Gasteiger partial charge in [-0.3, -0.25) is 14.9 Å². The molecule has 3 heteroatoms. The van der Waals surface area contributed by atoms with Crippen molar-refractivity contribution in [2.75, 3.05) is 0 Å². The summed E-state index contributed by atoms with van der Waals surface area (Å²) in [5, 5.41) is 2.19. The van der Waals surface area contributed by atoms with Crippen molar-refractivity contribution in [3.8, 4) is 0 Å². The van der Waals surface area contributed by atoms with Crippen molar-refractivity contribution in [3.05, 3.63) is 24.3 Å². The van der Waals surface area contributed by atoms with E-state index < -0.39 is 5.91 Å². The van der Waals surface area contributed by atoms with Crippen molar-refractivity contribution in [3.63, 3.8) is 0 Å². The molecule has 78 valence electrons. The molecule has 0 saturated heterocycles. The van der Waals surface area contributed by atoms with Crippen molar-refractivity contribution in [1.29, 1.82) is 0 Å². The molecule has 0 spiro atoms. The average Bonchev–Trinajstić information content (AvgIpc) is 2.12. The van der Waals surface area contributed by atoms with E-state index >= 15 is 0 Å². The highest BCUT2D eigenvalue weighted by molar-refractivity contribution is 6.07. The van der Waals surface area contributed by atoms with Gasteiger partial charge in [0.05, 0.1) is 0 Å². The normalized spacial score (nSPS) is 10.1. The lowest BCUT2D eigenvalue weighted by molar-refractivity contribution is -0.125. The smallest absolute Gasteiger partial charge is 0.253 e. The number of carbonyl (C=O) groups excluding carboxylic acids is 2. The molecule has 0 heterocycles. The van der Waals surface area contributed by atoms with Crippen LogP contribution in [-0.2, 0) is 9.59 Å². The van der Waals surface area contributed by atoms with Gasteiger partial charge in [0, 0.05) is 5.57 Å². The number of amides is 2. The Morgan fingerprint density at radius 2 is 2.07 bits per heavy atom. The summed E-state index contributed by atoms with van der Waals surface area (Å²) in [4.78, 5) is 22.0. The molecule has 0 aromatic carbocycles. The van der Waals surface area contributed by atoms with Gasteiger partial charge in [0.1, 0.15) is 0 Å². The average molecular weight is 195 g/mol. The van der Waals surface area contributed by atoms with E-state index in [9.17, 15) is 9.59 Å². The van der Waals surface area contributed by atoms with Crippen LogP contribution in [0, 0.1) is 0 Å².